The molecular weight excluding hydrogens is 154 g/mol. The van der Waals surface area contributed by atoms with Gasteiger partial charge in [-0.25, -0.2) is 4.79 Å². The first kappa shape index (κ1) is 11.2. The number of nitrogens with one attached hydrogen (secondary N) is 1. The molecule has 0 aromatic rings. The minimum Gasteiger partial charge on any atom is -0.366 e. The van der Waals surface area contributed by atoms with E-state index in [1.54, 1.807) is 19.9 Å². The van der Waals surface area contributed by atoms with Crippen molar-refractivity contribution in [2.75, 3.05) is 0 Å². The van der Waals surface area contributed by atoms with E-state index in [-0.39, 0.29) is 11.5 Å². The molecular formula is C9H17NO2. The summed E-state index contributed by atoms with van der Waals surface area (Å²) >= 11 is 0. The molecule has 1 N–H and O–H groups in total. The maximum atomic E-state index is 11.1. The Labute approximate surface area is 73.7 Å². The largest absolute Gasteiger partial charge is 0.366 e. The Bertz CT molecular complexity index is 189. The second-order valence-electron chi connectivity index (χ2n) is 3.71. The maximum absolute atomic E-state index is 11.1. The predicted octanol–water partition coefficient (Wildman–Crippen LogP) is 1.80. The number of hydrogen-bond donors (Lipinski definition) is 1. The van der Waals surface area contributed by atoms with Gasteiger partial charge in [-0.1, -0.05) is 6.08 Å². The average molecular weight is 171 g/mol. The Hall–Kier alpha value is -0.830. The highest BCUT2D eigenvalue weighted by Crippen LogP contribution is 2.00. The van der Waals surface area contributed by atoms with E-state index in [2.05, 4.69) is 5.48 Å². The molecule has 0 bridgehead atoms. The van der Waals surface area contributed by atoms with E-state index in [0.717, 1.165) is 0 Å². The summed E-state index contributed by atoms with van der Waals surface area (Å²) in [5.74, 6) is -0.326. The maximum Gasteiger partial charge on any atom is 0.352 e. The molecule has 0 rings (SSSR count). The summed E-state index contributed by atoms with van der Waals surface area (Å²) in [6, 6.07) is 0. The SMILES string of the molecule is CC=C(C)C(=O)ONC(C)(C)C. The van der Waals surface area contributed by atoms with Crippen LogP contribution in [0.5, 0.6) is 0 Å². The molecule has 3 nitrogen and oxygen atoms in total. The molecule has 0 aliphatic carbocycles. The third-order valence-electron chi connectivity index (χ3n) is 1.20. The van der Waals surface area contributed by atoms with Gasteiger partial charge in [0.15, 0.2) is 0 Å². The minimum atomic E-state index is -0.326. The van der Waals surface area contributed by atoms with Crippen molar-refractivity contribution in [3.8, 4) is 0 Å². The Morgan fingerprint density at radius 2 is 1.92 bits per heavy atom. The summed E-state index contributed by atoms with van der Waals surface area (Å²) in [4.78, 5) is 15.9. The van der Waals surface area contributed by atoms with Crippen molar-refractivity contribution in [1.29, 1.82) is 0 Å². The molecule has 0 amide bonds. The lowest BCUT2D eigenvalue weighted by Gasteiger charge is -2.19. The highest BCUT2D eigenvalue weighted by molar-refractivity contribution is 5.87. The highest BCUT2D eigenvalue weighted by atomic mass is 16.7. The first-order valence-electron chi connectivity index (χ1n) is 3.98. The molecule has 0 radical (unpaired) electrons. The molecule has 70 valence electrons. The van der Waals surface area contributed by atoms with Crippen molar-refractivity contribution in [2.24, 2.45) is 0 Å². The molecule has 0 saturated carbocycles. The van der Waals surface area contributed by atoms with Crippen molar-refractivity contribution in [3.63, 3.8) is 0 Å². The third-order valence-corrected chi connectivity index (χ3v) is 1.20. The lowest BCUT2D eigenvalue weighted by molar-refractivity contribution is -0.150. The second-order valence-corrected chi connectivity index (χ2v) is 3.71. The summed E-state index contributed by atoms with van der Waals surface area (Å²) in [5, 5.41) is 0. The van der Waals surface area contributed by atoms with Crippen LogP contribution in [0.25, 0.3) is 0 Å². The lowest BCUT2D eigenvalue weighted by atomic mass is 10.1. The Kier molecular flexibility index (Phi) is 3.96. The number of allylic oxidation sites excluding steroid dienone is 1. The predicted molar refractivity (Wildman–Crippen MR) is 48.4 cm³/mol. The van der Waals surface area contributed by atoms with Crippen LogP contribution < -0.4 is 5.48 Å². The third kappa shape index (κ3) is 4.91. The average Bonchev–Trinajstić information content (AvgIpc) is 1.97. The summed E-state index contributed by atoms with van der Waals surface area (Å²) in [6.45, 7) is 9.28. The first-order valence-corrected chi connectivity index (χ1v) is 3.98. The first-order chi connectivity index (χ1) is 5.37. The van der Waals surface area contributed by atoms with Crippen LogP contribution in [0, 0.1) is 0 Å². The molecule has 0 heterocycles. The smallest absolute Gasteiger partial charge is 0.352 e. The summed E-state index contributed by atoms with van der Waals surface area (Å²) in [6.07, 6.45) is 1.71. The van der Waals surface area contributed by atoms with E-state index in [9.17, 15) is 4.79 Å². The van der Waals surface area contributed by atoms with Gasteiger partial charge < -0.3 is 4.84 Å². The Morgan fingerprint density at radius 1 is 1.42 bits per heavy atom. The Balaban J connectivity index is 3.89. The van der Waals surface area contributed by atoms with E-state index in [4.69, 9.17) is 4.84 Å². The van der Waals surface area contributed by atoms with Gasteiger partial charge in [-0.3, -0.25) is 0 Å². The van der Waals surface area contributed by atoms with E-state index >= 15 is 0 Å². The summed E-state index contributed by atoms with van der Waals surface area (Å²) in [5.41, 5.74) is 3.05. The quantitative estimate of drug-likeness (QED) is 0.508. The summed E-state index contributed by atoms with van der Waals surface area (Å²) in [7, 11) is 0. The van der Waals surface area contributed by atoms with Crippen LogP contribution >= 0.6 is 0 Å². The molecule has 3 heteroatoms. The zero-order chi connectivity index (χ0) is 9.78. The topological polar surface area (TPSA) is 38.3 Å². The van der Waals surface area contributed by atoms with Gasteiger partial charge in [0.2, 0.25) is 0 Å². The standard InChI is InChI=1S/C9H17NO2/c1-6-7(2)8(11)12-10-9(3,4)5/h6,10H,1-5H3. The van der Waals surface area contributed by atoms with Crippen molar-refractivity contribution < 1.29 is 9.63 Å². The fourth-order valence-corrected chi connectivity index (χ4v) is 0.398. The van der Waals surface area contributed by atoms with Crippen molar-refractivity contribution >= 4 is 5.97 Å². The molecule has 0 aliphatic rings. The van der Waals surface area contributed by atoms with Crippen molar-refractivity contribution in [3.05, 3.63) is 11.6 Å². The van der Waals surface area contributed by atoms with Gasteiger partial charge in [0.05, 0.1) is 0 Å². The van der Waals surface area contributed by atoms with Crippen LogP contribution in [-0.2, 0) is 9.63 Å². The minimum absolute atomic E-state index is 0.205. The molecule has 0 saturated heterocycles. The molecule has 0 spiro atoms. The number of carbonyl (C=O) groups is 1. The number of carbonyl (C=O) groups excluding carboxylic acids is 1. The van der Waals surface area contributed by atoms with Crippen LogP contribution in [0.1, 0.15) is 34.6 Å². The zero-order valence-electron chi connectivity index (χ0n) is 8.39. The molecule has 0 aromatic carbocycles. The molecule has 0 aromatic heterocycles. The fraction of sp³-hybridized carbons (Fsp3) is 0.667. The van der Waals surface area contributed by atoms with Gasteiger partial charge in [0.25, 0.3) is 0 Å². The van der Waals surface area contributed by atoms with Crippen LogP contribution in [-0.4, -0.2) is 11.5 Å². The van der Waals surface area contributed by atoms with Gasteiger partial charge in [-0.15, -0.1) is 5.48 Å². The van der Waals surface area contributed by atoms with Crippen LogP contribution in [0.15, 0.2) is 11.6 Å². The molecule has 12 heavy (non-hydrogen) atoms. The zero-order valence-corrected chi connectivity index (χ0v) is 8.39. The molecule has 0 fully saturated rings. The van der Waals surface area contributed by atoms with Crippen molar-refractivity contribution in [2.45, 2.75) is 40.2 Å². The molecule has 0 atom stereocenters. The highest BCUT2D eigenvalue weighted by Gasteiger charge is 2.12. The normalized spacial score (nSPS) is 12.9. The van der Waals surface area contributed by atoms with Gasteiger partial charge in [0.1, 0.15) is 0 Å². The fourth-order valence-electron chi connectivity index (χ4n) is 0.398. The van der Waals surface area contributed by atoms with Gasteiger partial charge in [0, 0.05) is 11.1 Å². The second kappa shape index (κ2) is 4.26. The monoisotopic (exact) mass is 171 g/mol. The van der Waals surface area contributed by atoms with Crippen LogP contribution in [0.2, 0.25) is 0 Å². The van der Waals surface area contributed by atoms with E-state index in [1.807, 2.05) is 20.8 Å². The molecule has 0 aliphatic heterocycles. The van der Waals surface area contributed by atoms with Gasteiger partial charge in [-0.05, 0) is 34.6 Å². The van der Waals surface area contributed by atoms with E-state index in [1.165, 1.54) is 0 Å². The summed E-state index contributed by atoms with van der Waals surface area (Å²) < 4.78 is 0. The lowest BCUT2D eigenvalue weighted by Crippen LogP contribution is -2.37. The number of hydrogen-bond acceptors (Lipinski definition) is 3. The van der Waals surface area contributed by atoms with Crippen LogP contribution in [0.3, 0.4) is 0 Å². The molecule has 0 unspecified atom stereocenters. The van der Waals surface area contributed by atoms with Crippen LogP contribution in [0.4, 0.5) is 0 Å². The van der Waals surface area contributed by atoms with Gasteiger partial charge >= 0.3 is 5.97 Å². The Morgan fingerprint density at radius 3 is 2.25 bits per heavy atom. The van der Waals surface area contributed by atoms with Crippen molar-refractivity contribution in [1.82, 2.24) is 5.48 Å². The number of rotatable bonds is 2. The number of hydroxylamine groups is 1. The van der Waals surface area contributed by atoms with Gasteiger partial charge in [-0.2, -0.15) is 0 Å². The van der Waals surface area contributed by atoms with E-state index in [0.29, 0.717) is 5.57 Å². The van der Waals surface area contributed by atoms with E-state index < -0.39 is 0 Å².